The van der Waals surface area contributed by atoms with Crippen LogP contribution in [0.2, 0.25) is 10.0 Å². The lowest BCUT2D eigenvalue weighted by molar-refractivity contribution is -0.118. The van der Waals surface area contributed by atoms with Gasteiger partial charge in [-0.3, -0.25) is 4.79 Å². The van der Waals surface area contributed by atoms with Gasteiger partial charge in [0.1, 0.15) is 5.75 Å². The van der Waals surface area contributed by atoms with Crippen molar-refractivity contribution in [3.05, 3.63) is 57.0 Å². The van der Waals surface area contributed by atoms with Gasteiger partial charge < -0.3 is 10.1 Å². The van der Waals surface area contributed by atoms with Crippen molar-refractivity contribution in [3.63, 3.8) is 0 Å². The van der Waals surface area contributed by atoms with Crippen LogP contribution in [0.1, 0.15) is 0 Å². The first-order valence-corrected chi connectivity index (χ1v) is 7.23. The van der Waals surface area contributed by atoms with Crippen molar-refractivity contribution in [3.8, 4) is 5.75 Å². The quantitative estimate of drug-likeness (QED) is 0.836. The normalized spacial score (nSPS) is 10.2. The van der Waals surface area contributed by atoms with Crippen LogP contribution in [-0.2, 0) is 4.79 Å². The predicted molar refractivity (Wildman–Crippen MR) is 84.7 cm³/mol. The van der Waals surface area contributed by atoms with Gasteiger partial charge in [0.05, 0.1) is 4.47 Å². The molecule has 2 rings (SSSR count). The largest absolute Gasteiger partial charge is 0.483 e. The van der Waals surface area contributed by atoms with Crippen LogP contribution in [0.5, 0.6) is 5.75 Å². The number of hydrogen-bond donors (Lipinski definition) is 1. The number of anilines is 1. The molecule has 6 heteroatoms. The second-order valence-electron chi connectivity index (χ2n) is 3.92. The van der Waals surface area contributed by atoms with E-state index in [-0.39, 0.29) is 12.5 Å². The Hall–Kier alpha value is -1.23. The van der Waals surface area contributed by atoms with Crippen molar-refractivity contribution in [1.29, 1.82) is 0 Å². The minimum atomic E-state index is -0.255. The van der Waals surface area contributed by atoms with Crippen LogP contribution in [0.4, 0.5) is 5.69 Å². The van der Waals surface area contributed by atoms with E-state index in [0.29, 0.717) is 26.0 Å². The van der Waals surface area contributed by atoms with E-state index in [2.05, 4.69) is 21.2 Å². The topological polar surface area (TPSA) is 38.3 Å². The van der Waals surface area contributed by atoms with E-state index in [1.165, 1.54) is 0 Å². The number of benzene rings is 2. The molecular formula is C14H10BrCl2NO2. The average molecular weight is 375 g/mol. The van der Waals surface area contributed by atoms with Gasteiger partial charge >= 0.3 is 0 Å². The van der Waals surface area contributed by atoms with Crippen molar-refractivity contribution in [1.82, 2.24) is 0 Å². The molecule has 0 atom stereocenters. The molecule has 0 radical (unpaired) electrons. The summed E-state index contributed by atoms with van der Waals surface area (Å²) in [5, 5.41) is 3.91. The summed E-state index contributed by atoms with van der Waals surface area (Å²) >= 11 is 14.9. The van der Waals surface area contributed by atoms with Gasteiger partial charge in [0.2, 0.25) is 0 Å². The number of carbonyl (C=O) groups excluding carboxylic acids is 1. The van der Waals surface area contributed by atoms with Crippen molar-refractivity contribution in [2.45, 2.75) is 0 Å². The highest BCUT2D eigenvalue weighted by molar-refractivity contribution is 9.10. The Labute approximate surface area is 135 Å². The molecule has 0 heterocycles. The number of hydrogen-bond acceptors (Lipinski definition) is 2. The Balaban J connectivity index is 1.90. The number of carbonyl (C=O) groups is 1. The van der Waals surface area contributed by atoms with E-state index >= 15 is 0 Å². The molecule has 3 nitrogen and oxygen atoms in total. The standard InChI is InChI=1S/C14H10BrCl2NO2/c15-12-7-10(17)3-6-13(12)20-8-14(19)18-11-4-1-9(16)2-5-11/h1-7H,8H2,(H,18,19). The highest BCUT2D eigenvalue weighted by Crippen LogP contribution is 2.27. The molecule has 2 aromatic rings. The zero-order valence-electron chi connectivity index (χ0n) is 10.2. The molecule has 1 amide bonds. The molecule has 0 fully saturated rings. The van der Waals surface area contributed by atoms with Gasteiger partial charge in [0, 0.05) is 15.7 Å². The van der Waals surface area contributed by atoms with E-state index in [9.17, 15) is 4.79 Å². The lowest BCUT2D eigenvalue weighted by Crippen LogP contribution is -2.20. The molecule has 0 aliphatic heterocycles. The maximum Gasteiger partial charge on any atom is 0.262 e. The summed E-state index contributed by atoms with van der Waals surface area (Å²) < 4.78 is 6.10. The second-order valence-corrected chi connectivity index (χ2v) is 5.65. The van der Waals surface area contributed by atoms with E-state index in [1.807, 2.05) is 0 Å². The van der Waals surface area contributed by atoms with Gasteiger partial charge in [-0.25, -0.2) is 0 Å². The maximum atomic E-state index is 11.7. The Bertz CT molecular complexity index is 617. The van der Waals surface area contributed by atoms with Crippen LogP contribution in [0.25, 0.3) is 0 Å². The summed E-state index contributed by atoms with van der Waals surface area (Å²) in [5.41, 5.74) is 0.665. The number of amides is 1. The van der Waals surface area contributed by atoms with Crippen LogP contribution in [0.3, 0.4) is 0 Å². The minimum absolute atomic E-state index is 0.0944. The molecular weight excluding hydrogens is 365 g/mol. The third kappa shape index (κ3) is 4.40. The fourth-order valence-corrected chi connectivity index (χ4v) is 2.39. The molecule has 0 unspecified atom stereocenters. The first-order valence-electron chi connectivity index (χ1n) is 5.68. The Kier molecular flexibility index (Phi) is 5.29. The second kappa shape index (κ2) is 6.97. The first-order chi connectivity index (χ1) is 9.54. The third-order valence-electron chi connectivity index (χ3n) is 2.38. The van der Waals surface area contributed by atoms with Gasteiger partial charge in [-0.1, -0.05) is 23.2 Å². The maximum absolute atomic E-state index is 11.7. The molecule has 0 bridgehead atoms. The van der Waals surface area contributed by atoms with Crippen LogP contribution < -0.4 is 10.1 Å². The molecule has 0 saturated carbocycles. The average Bonchev–Trinajstić information content (AvgIpc) is 2.40. The van der Waals surface area contributed by atoms with Crippen LogP contribution in [0, 0.1) is 0 Å². The van der Waals surface area contributed by atoms with Gasteiger partial charge in [-0.2, -0.15) is 0 Å². The van der Waals surface area contributed by atoms with Gasteiger partial charge in [-0.15, -0.1) is 0 Å². The molecule has 0 aliphatic rings. The van der Waals surface area contributed by atoms with E-state index < -0.39 is 0 Å². The molecule has 1 N–H and O–H groups in total. The Morgan fingerprint density at radius 3 is 2.40 bits per heavy atom. The molecule has 0 aromatic heterocycles. The van der Waals surface area contributed by atoms with Gasteiger partial charge in [-0.05, 0) is 58.4 Å². The van der Waals surface area contributed by atoms with E-state index in [4.69, 9.17) is 27.9 Å². The van der Waals surface area contributed by atoms with Crippen LogP contribution >= 0.6 is 39.1 Å². The van der Waals surface area contributed by atoms with Crippen molar-refractivity contribution >= 4 is 50.7 Å². The van der Waals surface area contributed by atoms with E-state index in [1.54, 1.807) is 42.5 Å². The molecule has 104 valence electrons. The summed E-state index contributed by atoms with van der Waals surface area (Å²) in [6.07, 6.45) is 0. The Morgan fingerprint density at radius 2 is 1.75 bits per heavy atom. The summed E-state index contributed by atoms with van der Waals surface area (Å²) in [6, 6.07) is 11.9. The van der Waals surface area contributed by atoms with Gasteiger partial charge in [0.25, 0.3) is 5.91 Å². The molecule has 0 saturated heterocycles. The monoisotopic (exact) mass is 373 g/mol. The number of nitrogens with one attached hydrogen (secondary N) is 1. The van der Waals surface area contributed by atoms with Crippen LogP contribution in [-0.4, -0.2) is 12.5 Å². The fourth-order valence-electron chi connectivity index (χ4n) is 1.47. The zero-order valence-corrected chi connectivity index (χ0v) is 13.3. The van der Waals surface area contributed by atoms with Gasteiger partial charge in [0.15, 0.2) is 6.61 Å². The first kappa shape index (κ1) is 15.2. The SMILES string of the molecule is O=C(COc1ccc(Cl)cc1Br)Nc1ccc(Cl)cc1. The van der Waals surface area contributed by atoms with Crippen molar-refractivity contribution in [2.24, 2.45) is 0 Å². The summed E-state index contributed by atoms with van der Waals surface area (Å²) in [4.78, 5) is 11.7. The lowest BCUT2D eigenvalue weighted by Gasteiger charge is -2.09. The lowest BCUT2D eigenvalue weighted by atomic mass is 10.3. The summed E-state index contributed by atoms with van der Waals surface area (Å²) in [6.45, 7) is -0.0944. The number of rotatable bonds is 4. The molecule has 2 aromatic carbocycles. The van der Waals surface area contributed by atoms with Crippen molar-refractivity contribution in [2.75, 3.05) is 11.9 Å². The predicted octanol–water partition coefficient (Wildman–Crippen LogP) is 4.77. The smallest absolute Gasteiger partial charge is 0.262 e. The zero-order chi connectivity index (χ0) is 14.5. The minimum Gasteiger partial charge on any atom is -0.483 e. The third-order valence-corrected chi connectivity index (χ3v) is 3.49. The number of ether oxygens (including phenoxy) is 1. The fraction of sp³-hybridized carbons (Fsp3) is 0.0714. The summed E-state index contributed by atoms with van der Waals surface area (Å²) in [5.74, 6) is 0.301. The summed E-state index contributed by atoms with van der Waals surface area (Å²) in [7, 11) is 0. The number of halogens is 3. The van der Waals surface area contributed by atoms with Crippen LogP contribution in [0.15, 0.2) is 46.9 Å². The molecule has 20 heavy (non-hydrogen) atoms. The molecule has 0 spiro atoms. The Morgan fingerprint density at radius 1 is 1.10 bits per heavy atom. The highest BCUT2D eigenvalue weighted by Gasteiger charge is 2.06. The molecule has 0 aliphatic carbocycles. The van der Waals surface area contributed by atoms with E-state index in [0.717, 1.165) is 0 Å². The van der Waals surface area contributed by atoms with Crippen molar-refractivity contribution < 1.29 is 9.53 Å². The highest BCUT2D eigenvalue weighted by atomic mass is 79.9.